The second-order valence-electron chi connectivity index (χ2n) is 3.91. The van der Waals surface area contributed by atoms with Crippen molar-refractivity contribution in [1.29, 1.82) is 0 Å². The monoisotopic (exact) mass is 192 g/mol. The van der Waals surface area contributed by atoms with Crippen LogP contribution in [0.25, 0.3) is 0 Å². The fourth-order valence-corrected chi connectivity index (χ4v) is 3.28. The van der Waals surface area contributed by atoms with E-state index in [0.717, 1.165) is 10.5 Å². The summed E-state index contributed by atoms with van der Waals surface area (Å²) in [4.78, 5) is 0. The van der Waals surface area contributed by atoms with Crippen molar-refractivity contribution in [3.05, 3.63) is 35.4 Å². The first-order chi connectivity index (χ1) is 6.27. The Morgan fingerprint density at radius 3 is 2.85 bits per heavy atom. The first kappa shape index (κ1) is 9.14. The van der Waals surface area contributed by atoms with Crippen molar-refractivity contribution in [3.63, 3.8) is 0 Å². The van der Waals surface area contributed by atoms with Gasteiger partial charge in [0.1, 0.15) is 0 Å². The zero-order valence-electron chi connectivity index (χ0n) is 8.29. The van der Waals surface area contributed by atoms with E-state index >= 15 is 0 Å². The second kappa shape index (κ2) is 3.75. The molecule has 0 amide bonds. The molecule has 0 saturated heterocycles. The highest BCUT2D eigenvalue weighted by Gasteiger charge is 2.22. The Bertz CT molecular complexity index is 291. The van der Waals surface area contributed by atoms with E-state index in [-0.39, 0.29) is 0 Å². The summed E-state index contributed by atoms with van der Waals surface area (Å²) < 4.78 is 0. The van der Waals surface area contributed by atoms with Crippen LogP contribution < -0.4 is 0 Å². The number of hydrogen-bond acceptors (Lipinski definition) is 1. The SMILES string of the molecule is CC(C)SC1CCc2ccccc21. The molecule has 0 spiro atoms. The summed E-state index contributed by atoms with van der Waals surface area (Å²) in [5.74, 6) is 0. The highest BCUT2D eigenvalue weighted by Crippen LogP contribution is 2.42. The molecule has 0 bridgehead atoms. The molecular weight excluding hydrogens is 176 g/mol. The van der Waals surface area contributed by atoms with Gasteiger partial charge in [0.15, 0.2) is 0 Å². The number of aryl methyl sites for hydroxylation is 1. The van der Waals surface area contributed by atoms with Gasteiger partial charge in [0.25, 0.3) is 0 Å². The largest absolute Gasteiger partial charge is 0.151 e. The molecule has 1 aliphatic rings. The first-order valence-electron chi connectivity index (χ1n) is 5.00. The summed E-state index contributed by atoms with van der Waals surface area (Å²) in [6, 6.07) is 8.89. The van der Waals surface area contributed by atoms with Crippen LogP contribution >= 0.6 is 11.8 Å². The van der Waals surface area contributed by atoms with Crippen LogP contribution in [-0.2, 0) is 6.42 Å². The van der Waals surface area contributed by atoms with Crippen LogP contribution in [0, 0.1) is 0 Å². The molecule has 0 radical (unpaired) electrons. The molecule has 13 heavy (non-hydrogen) atoms. The molecule has 1 heteroatoms. The van der Waals surface area contributed by atoms with Gasteiger partial charge >= 0.3 is 0 Å². The van der Waals surface area contributed by atoms with E-state index in [1.807, 2.05) is 0 Å². The van der Waals surface area contributed by atoms with E-state index in [4.69, 9.17) is 0 Å². The number of thioether (sulfide) groups is 1. The standard InChI is InChI=1S/C12H16S/c1-9(2)13-12-8-7-10-5-3-4-6-11(10)12/h3-6,9,12H,7-8H2,1-2H3. The molecule has 0 fully saturated rings. The summed E-state index contributed by atoms with van der Waals surface area (Å²) in [6.45, 7) is 4.57. The van der Waals surface area contributed by atoms with E-state index in [9.17, 15) is 0 Å². The van der Waals surface area contributed by atoms with E-state index in [0.29, 0.717) is 0 Å². The minimum Gasteiger partial charge on any atom is -0.151 e. The maximum Gasteiger partial charge on any atom is 0.0305 e. The van der Waals surface area contributed by atoms with Gasteiger partial charge in [0.2, 0.25) is 0 Å². The van der Waals surface area contributed by atoms with Gasteiger partial charge < -0.3 is 0 Å². The zero-order valence-corrected chi connectivity index (χ0v) is 9.10. The first-order valence-corrected chi connectivity index (χ1v) is 5.95. The summed E-state index contributed by atoms with van der Waals surface area (Å²) in [6.07, 6.45) is 2.61. The average Bonchev–Trinajstić information content (AvgIpc) is 2.48. The van der Waals surface area contributed by atoms with Crippen LogP contribution in [0.4, 0.5) is 0 Å². The number of hydrogen-bond donors (Lipinski definition) is 0. The Balaban J connectivity index is 2.18. The minimum absolute atomic E-state index is 0.746. The average molecular weight is 192 g/mol. The molecule has 0 aliphatic heterocycles. The number of benzene rings is 1. The van der Waals surface area contributed by atoms with Gasteiger partial charge in [-0.25, -0.2) is 0 Å². The Morgan fingerprint density at radius 1 is 1.31 bits per heavy atom. The van der Waals surface area contributed by atoms with Crippen molar-refractivity contribution in [3.8, 4) is 0 Å². The van der Waals surface area contributed by atoms with Crippen LogP contribution in [0.1, 0.15) is 36.6 Å². The van der Waals surface area contributed by atoms with Crippen molar-refractivity contribution in [1.82, 2.24) is 0 Å². The van der Waals surface area contributed by atoms with Crippen molar-refractivity contribution in [2.24, 2.45) is 0 Å². The molecule has 0 aromatic heterocycles. The topological polar surface area (TPSA) is 0 Å². The normalized spacial score (nSPS) is 20.7. The van der Waals surface area contributed by atoms with Crippen LogP contribution in [0.5, 0.6) is 0 Å². The number of rotatable bonds is 2. The van der Waals surface area contributed by atoms with Gasteiger partial charge in [-0.15, -0.1) is 0 Å². The van der Waals surface area contributed by atoms with Crippen molar-refractivity contribution in [2.75, 3.05) is 0 Å². The van der Waals surface area contributed by atoms with Crippen LogP contribution in [0.3, 0.4) is 0 Å². The highest BCUT2D eigenvalue weighted by atomic mass is 32.2. The molecule has 70 valence electrons. The fourth-order valence-electron chi connectivity index (χ4n) is 1.99. The van der Waals surface area contributed by atoms with E-state index in [2.05, 4.69) is 49.9 Å². The lowest BCUT2D eigenvalue weighted by Crippen LogP contribution is -1.94. The van der Waals surface area contributed by atoms with Gasteiger partial charge in [-0.05, 0) is 29.2 Å². The van der Waals surface area contributed by atoms with Crippen LogP contribution in [-0.4, -0.2) is 5.25 Å². The quantitative estimate of drug-likeness (QED) is 0.686. The Labute approximate surface area is 84.7 Å². The van der Waals surface area contributed by atoms with Crippen molar-refractivity contribution in [2.45, 2.75) is 37.2 Å². The van der Waals surface area contributed by atoms with Crippen molar-refractivity contribution < 1.29 is 0 Å². The zero-order chi connectivity index (χ0) is 9.26. The van der Waals surface area contributed by atoms with E-state index in [1.165, 1.54) is 12.8 Å². The minimum atomic E-state index is 0.746. The summed E-state index contributed by atoms with van der Waals surface area (Å²) in [7, 11) is 0. The lowest BCUT2D eigenvalue weighted by molar-refractivity contribution is 0.883. The summed E-state index contributed by atoms with van der Waals surface area (Å²) in [5.41, 5.74) is 3.15. The van der Waals surface area contributed by atoms with E-state index < -0.39 is 0 Å². The van der Waals surface area contributed by atoms with E-state index in [1.54, 1.807) is 11.1 Å². The van der Waals surface area contributed by atoms with Gasteiger partial charge in [0, 0.05) is 5.25 Å². The Kier molecular flexibility index (Phi) is 2.63. The number of fused-ring (bicyclic) bond motifs is 1. The lowest BCUT2D eigenvalue weighted by atomic mass is 10.1. The molecule has 1 aromatic carbocycles. The predicted octanol–water partition coefficient (Wildman–Crippen LogP) is 3.82. The van der Waals surface area contributed by atoms with Crippen molar-refractivity contribution >= 4 is 11.8 Å². The second-order valence-corrected chi connectivity index (χ2v) is 5.69. The van der Waals surface area contributed by atoms with Crippen LogP contribution in [0.2, 0.25) is 0 Å². The third-order valence-corrected chi connectivity index (χ3v) is 3.88. The third kappa shape index (κ3) is 1.91. The van der Waals surface area contributed by atoms with Gasteiger partial charge in [-0.2, -0.15) is 11.8 Å². The predicted molar refractivity (Wildman–Crippen MR) is 60.2 cm³/mol. The molecule has 1 aliphatic carbocycles. The lowest BCUT2D eigenvalue weighted by Gasteiger charge is -2.13. The summed E-state index contributed by atoms with van der Waals surface area (Å²) >= 11 is 2.10. The molecule has 0 heterocycles. The van der Waals surface area contributed by atoms with Gasteiger partial charge in [-0.1, -0.05) is 38.1 Å². The molecule has 1 unspecified atom stereocenters. The highest BCUT2D eigenvalue weighted by molar-refractivity contribution is 8.00. The molecule has 1 aromatic rings. The van der Waals surface area contributed by atoms with Gasteiger partial charge in [0.05, 0.1) is 0 Å². The summed E-state index contributed by atoms with van der Waals surface area (Å²) in [5, 5.41) is 1.51. The molecule has 0 N–H and O–H groups in total. The fraction of sp³-hybridized carbons (Fsp3) is 0.500. The maximum atomic E-state index is 2.29. The maximum absolute atomic E-state index is 2.29. The molecule has 0 nitrogen and oxygen atoms in total. The molecular formula is C12H16S. The van der Waals surface area contributed by atoms with Gasteiger partial charge in [-0.3, -0.25) is 0 Å². The van der Waals surface area contributed by atoms with Crippen LogP contribution in [0.15, 0.2) is 24.3 Å². The molecule has 1 atom stereocenters. The molecule has 2 rings (SSSR count). The third-order valence-electron chi connectivity index (χ3n) is 2.51. The smallest absolute Gasteiger partial charge is 0.0305 e. The molecule has 0 saturated carbocycles. The Hall–Kier alpha value is -0.430. The Morgan fingerprint density at radius 2 is 2.08 bits per heavy atom.